The van der Waals surface area contributed by atoms with Gasteiger partial charge >= 0.3 is 5.97 Å². The topological polar surface area (TPSA) is 56.2 Å². The van der Waals surface area contributed by atoms with Crippen molar-refractivity contribution in [2.45, 2.75) is 32.9 Å². The number of ether oxygens (including phenoxy) is 1. The Morgan fingerprint density at radius 2 is 2.28 bits per heavy atom. The number of carbonyl (C=O) groups excluding carboxylic acids is 1. The molecule has 0 aliphatic carbocycles. The van der Waals surface area contributed by atoms with Crippen LogP contribution in [0.5, 0.6) is 0 Å². The second-order valence-corrected chi connectivity index (χ2v) is 6.53. The summed E-state index contributed by atoms with van der Waals surface area (Å²) in [6.07, 6.45) is 2.94. The number of nitrogens with one attached hydrogen (secondary N) is 1. The minimum Gasteiger partial charge on any atom is -0.469 e. The number of rotatable bonds is 7. The van der Waals surface area contributed by atoms with E-state index in [0.717, 1.165) is 33.8 Å². The van der Waals surface area contributed by atoms with Gasteiger partial charge in [0.05, 0.1) is 24.7 Å². The first-order valence-corrected chi connectivity index (χ1v) is 9.01. The number of carbonyl (C=O) groups is 1. The summed E-state index contributed by atoms with van der Waals surface area (Å²) in [5.41, 5.74) is 2.87. The number of halogens is 1. The largest absolute Gasteiger partial charge is 0.469 e. The minimum atomic E-state index is -0.234. The van der Waals surface area contributed by atoms with Gasteiger partial charge in [-0.25, -0.2) is 9.37 Å². The number of hydrogen-bond donors (Lipinski definition) is 1. The number of aryl methyl sites for hydroxylation is 2. The Morgan fingerprint density at radius 3 is 3.04 bits per heavy atom. The maximum absolute atomic E-state index is 13.5. The molecule has 3 rings (SSSR count). The Kier molecular flexibility index (Phi) is 5.33. The number of anilines is 1. The first kappa shape index (κ1) is 17.4. The number of hydrogen-bond acceptors (Lipinski definition) is 5. The second-order valence-electron chi connectivity index (χ2n) is 5.68. The Bertz CT molecular complexity index is 888. The van der Waals surface area contributed by atoms with Gasteiger partial charge in [-0.3, -0.25) is 4.79 Å². The highest BCUT2D eigenvalue weighted by atomic mass is 32.1. The van der Waals surface area contributed by atoms with Crippen LogP contribution < -0.4 is 5.32 Å². The maximum Gasteiger partial charge on any atom is 0.305 e. The molecule has 0 atom stereocenters. The molecule has 1 N–H and O–H groups in total. The lowest BCUT2D eigenvalue weighted by Gasteiger charge is -2.01. The van der Waals surface area contributed by atoms with Crippen LogP contribution in [-0.2, 0) is 29.0 Å². The molecule has 0 saturated carbocycles. The SMILES string of the molecule is CCn1cc(CNc2nc(CCC(=O)OC)cs2)c2ccc(F)cc21. The van der Waals surface area contributed by atoms with Gasteiger partial charge in [0.15, 0.2) is 5.13 Å². The van der Waals surface area contributed by atoms with Crippen molar-refractivity contribution in [1.82, 2.24) is 9.55 Å². The third-order valence-corrected chi connectivity index (χ3v) is 4.91. The van der Waals surface area contributed by atoms with Gasteiger partial charge in [-0.1, -0.05) is 0 Å². The van der Waals surface area contributed by atoms with Crippen molar-refractivity contribution in [3.8, 4) is 0 Å². The van der Waals surface area contributed by atoms with Crippen molar-refractivity contribution in [3.63, 3.8) is 0 Å². The summed E-state index contributed by atoms with van der Waals surface area (Å²) in [6, 6.07) is 4.87. The molecule has 2 aromatic heterocycles. The van der Waals surface area contributed by atoms with Crippen LogP contribution >= 0.6 is 11.3 Å². The Morgan fingerprint density at radius 1 is 1.44 bits per heavy atom. The number of fused-ring (bicyclic) bond motifs is 1. The fourth-order valence-corrected chi connectivity index (χ4v) is 3.49. The zero-order valence-corrected chi connectivity index (χ0v) is 15.0. The Labute approximate surface area is 149 Å². The molecule has 132 valence electrons. The smallest absolute Gasteiger partial charge is 0.305 e. The number of esters is 1. The monoisotopic (exact) mass is 361 g/mol. The number of benzene rings is 1. The molecule has 0 aliphatic heterocycles. The number of thiazole rings is 1. The van der Waals surface area contributed by atoms with E-state index in [0.29, 0.717) is 19.4 Å². The summed E-state index contributed by atoms with van der Waals surface area (Å²) < 4.78 is 20.2. The predicted molar refractivity (Wildman–Crippen MR) is 97.3 cm³/mol. The molecule has 2 heterocycles. The zero-order valence-electron chi connectivity index (χ0n) is 14.2. The van der Waals surface area contributed by atoms with Crippen LogP contribution in [0.1, 0.15) is 24.6 Å². The van der Waals surface area contributed by atoms with Gasteiger partial charge in [0.1, 0.15) is 5.82 Å². The molecule has 1 aromatic carbocycles. The summed E-state index contributed by atoms with van der Waals surface area (Å²) in [5, 5.41) is 7.10. The Hall–Kier alpha value is -2.41. The molecule has 3 aromatic rings. The highest BCUT2D eigenvalue weighted by Crippen LogP contribution is 2.24. The highest BCUT2D eigenvalue weighted by Gasteiger charge is 2.10. The van der Waals surface area contributed by atoms with Gasteiger partial charge in [-0.2, -0.15) is 0 Å². The van der Waals surface area contributed by atoms with E-state index in [4.69, 9.17) is 0 Å². The summed E-state index contributed by atoms with van der Waals surface area (Å²) in [6.45, 7) is 3.43. The van der Waals surface area contributed by atoms with Gasteiger partial charge in [-0.05, 0) is 30.7 Å². The lowest BCUT2D eigenvalue weighted by molar-refractivity contribution is -0.140. The van der Waals surface area contributed by atoms with Gasteiger partial charge < -0.3 is 14.6 Å². The van der Waals surface area contributed by atoms with E-state index in [1.807, 2.05) is 29.1 Å². The molecule has 0 fully saturated rings. The number of aromatic nitrogens is 2. The molecule has 0 unspecified atom stereocenters. The van der Waals surface area contributed by atoms with Gasteiger partial charge in [0.2, 0.25) is 0 Å². The van der Waals surface area contributed by atoms with Crippen LogP contribution in [0.4, 0.5) is 9.52 Å². The van der Waals surface area contributed by atoms with E-state index in [2.05, 4.69) is 15.0 Å². The van der Waals surface area contributed by atoms with E-state index in [9.17, 15) is 9.18 Å². The first-order chi connectivity index (χ1) is 12.1. The van der Waals surface area contributed by atoms with E-state index in [1.165, 1.54) is 24.5 Å². The van der Waals surface area contributed by atoms with Crippen molar-refractivity contribution in [1.29, 1.82) is 0 Å². The van der Waals surface area contributed by atoms with Crippen LogP contribution in [0.3, 0.4) is 0 Å². The molecule has 0 radical (unpaired) electrons. The van der Waals surface area contributed by atoms with Crippen LogP contribution in [0.2, 0.25) is 0 Å². The summed E-state index contributed by atoms with van der Waals surface area (Å²) >= 11 is 1.51. The van der Waals surface area contributed by atoms with Crippen LogP contribution in [0.15, 0.2) is 29.8 Å². The molecular weight excluding hydrogens is 341 g/mol. The van der Waals surface area contributed by atoms with E-state index >= 15 is 0 Å². The number of nitrogens with zero attached hydrogens (tertiary/aromatic N) is 2. The predicted octanol–water partition coefficient (Wildman–Crippen LogP) is 3.97. The van der Waals surface area contributed by atoms with Crippen molar-refractivity contribution >= 4 is 33.3 Å². The summed E-state index contributed by atoms with van der Waals surface area (Å²) in [4.78, 5) is 15.7. The van der Waals surface area contributed by atoms with Gasteiger partial charge in [-0.15, -0.1) is 11.3 Å². The average Bonchev–Trinajstić information content (AvgIpc) is 3.21. The van der Waals surface area contributed by atoms with Crippen molar-refractivity contribution in [2.24, 2.45) is 0 Å². The molecule has 5 nitrogen and oxygen atoms in total. The van der Waals surface area contributed by atoms with Crippen LogP contribution in [0.25, 0.3) is 10.9 Å². The average molecular weight is 361 g/mol. The van der Waals surface area contributed by atoms with Gasteiger partial charge in [0.25, 0.3) is 0 Å². The molecule has 0 aliphatic rings. The lowest BCUT2D eigenvalue weighted by Crippen LogP contribution is -2.02. The standard InChI is InChI=1S/C18H20FN3O2S/c1-3-22-10-12(15-6-4-13(19)8-16(15)22)9-20-18-21-14(11-25-18)5-7-17(23)24-2/h4,6,8,10-11H,3,5,7,9H2,1-2H3,(H,20,21). The molecule has 7 heteroatoms. The second kappa shape index (κ2) is 7.65. The van der Waals surface area contributed by atoms with E-state index in [1.54, 1.807) is 6.07 Å². The zero-order chi connectivity index (χ0) is 17.8. The summed E-state index contributed by atoms with van der Waals surface area (Å²) in [7, 11) is 1.38. The molecule has 25 heavy (non-hydrogen) atoms. The normalized spacial score (nSPS) is 11.0. The first-order valence-electron chi connectivity index (χ1n) is 8.13. The summed E-state index contributed by atoms with van der Waals surface area (Å²) in [5.74, 6) is -0.461. The van der Waals surface area contributed by atoms with E-state index < -0.39 is 0 Å². The quantitative estimate of drug-likeness (QED) is 0.647. The molecule has 0 saturated heterocycles. The van der Waals surface area contributed by atoms with Crippen LogP contribution in [0, 0.1) is 5.82 Å². The minimum absolute atomic E-state index is 0.227. The third-order valence-electron chi connectivity index (χ3n) is 4.06. The van der Waals surface area contributed by atoms with Crippen molar-refractivity contribution in [2.75, 3.05) is 12.4 Å². The molecular formula is C18H20FN3O2S. The Balaban J connectivity index is 1.69. The number of methoxy groups -OCH3 is 1. The van der Waals surface area contributed by atoms with Crippen molar-refractivity contribution in [3.05, 3.63) is 46.9 Å². The lowest BCUT2D eigenvalue weighted by atomic mass is 10.2. The third kappa shape index (κ3) is 3.99. The molecule has 0 amide bonds. The maximum atomic E-state index is 13.5. The molecule has 0 spiro atoms. The fraction of sp³-hybridized carbons (Fsp3) is 0.333. The van der Waals surface area contributed by atoms with Crippen molar-refractivity contribution < 1.29 is 13.9 Å². The highest BCUT2D eigenvalue weighted by molar-refractivity contribution is 7.13. The fourth-order valence-electron chi connectivity index (χ4n) is 2.75. The molecule has 0 bridgehead atoms. The van der Waals surface area contributed by atoms with Gasteiger partial charge in [0, 0.05) is 36.5 Å². The van der Waals surface area contributed by atoms with Crippen LogP contribution in [-0.4, -0.2) is 22.6 Å². The van der Waals surface area contributed by atoms with E-state index in [-0.39, 0.29) is 11.8 Å².